The summed E-state index contributed by atoms with van der Waals surface area (Å²) in [6.07, 6.45) is 0.395. The molecule has 0 amide bonds. The first-order chi connectivity index (χ1) is 6.92. The lowest BCUT2D eigenvalue weighted by Crippen LogP contribution is -2.09. The van der Waals surface area contributed by atoms with Crippen molar-refractivity contribution in [3.8, 4) is 0 Å². The lowest BCUT2D eigenvalue weighted by atomic mass is 10.0. The molecular weight excluding hydrogens is 196 g/mol. The number of pyridine rings is 1. The average Bonchev–Trinajstić information content (AvgIpc) is 2.43. The Morgan fingerprint density at radius 3 is 2.67 bits per heavy atom. The number of hydrogen-bond donors (Lipinski definition) is 0. The minimum atomic E-state index is -2.65. The molecule has 0 radical (unpaired) electrons. The molecule has 1 aliphatic rings. The van der Waals surface area contributed by atoms with Crippen LogP contribution in [0.2, 0.25) is 0 Å². The molecule has 2 rings (SSSR count). The minimum Gasteiger partial charge on any atom is -0.258 e. The van der Waals surface area contributed by atoms with Crippen LogP contribution in [0.15, 0.2) is 6.07 Å². The van der Waals surface area contributed by atoms with Gasteiger partial charge in [0.15, 0.2) is 0 Å². The van der Waals surface area contributed by atoms with Crippen molar-refractivity contribution in [1.82, 2.24) is 4.98 Å². The molecule has 0 aromatic carbocycles. The average molecular weight is 211 g/mol. The Hall–Kier alpha value is -0.990. The van der Waals surface area contributed by atoms with Crippen molar-refractivity contribution in [3.63, 3.8) is 0 Å². The summed E-state index contributed by atoms with van der Waals surface area (Å²) < 4.78 is 27.1. The zero-order valence-corrected chi connectivity index (χ0v) is 9.27. The second-order valence-electron chi connectivity index (χ2n) is 4.52. The lowest BCUT2D eigenvalue weighted by Gasteiger charge is -2.14. The van der Waals surface area contributed by atoms with Crippen LogP contribution in [-0.2, 0) is 12.3 Å². The number of fused-ring (bicyclic) bond motifs is 1. The third kappa shape index (κ3) is 1.64. The molecule has 0 aliphatic heterocycles. The second kappa shape index (κ2) is 3.26. The summed E-state index contributed by atoms with van der Waals surface area (Å²) >= 11 is 0. The monoisotopic (exact) mass is 211 g/mol. The van der Waals surface area contributed by atoms with E-state index in [0.717, 1.165) is 17.0 Å². The van der Waals surface area contributed by atoms with Crippen molar-refractivity contribution < 1.29 is 8.78 Å². The summed E-state index contributed by atoms with van der Waals surface area (Å²) in [5.41, 5.74) is 2.50. The van der Waals surface area contributed by atoms with Gasteiger partial charge in [0, 0.05) is 23.4 Å². The van der Waals surface area contributed by atoms with Crippen LogP contribution in [0.1, 0.15) is 48.7 Å². The largest absolute Gasteiger partial charge is 0.273 e. The minimum absolute atomic E-state index is 0.0631. The predicted octanol–water partition coefficient (Wildman–Crippen LogP) is 3.55. The molecule has 0 atom stereocenters. The predicted molar refractivity (Wildman–Crippen MR) is 55.3 cm³/mol. The highest BCUT2D eigenvalue weighted by molar-refractivity contribution is 5.40. The molecule has 15 heavy (non-hydrogen) atoms. The molecule has 1 heterocycles. The molecule has 1 nitrogen and oxygen atoms in total. The van der Waals surface area contributed by atoms with Crippen LogP contribution in [0, 0.1) is 6.92 Å². The van der Waals surface area contributed by atoms with Gasteiger partial charge in [-0.3, -0.25) is 4.98 Å². The maximum Gasteiger partial charge on any atom is 0.273 e. The summed E-state index contributed by atoms with van der Waals surface area (Å²) in [7, 11) is 0. The summed E-state index contributed by atoms with van der Waals surface area (Å²) in [5.74, 6) is -2.45. The van der Waals surface area contributed by atoms with E-state index in [4.69, 9.17) is 0 Å². The maximum atomic E-state index is 13.5. The van der Waals surface area contributed by atoms with E-state index in [9.17, 15) is 8.78 Å². The van der Waals surface area contributed by atoms with E-state index in [-0.39, 0.29) is 17.9 Å². The van der Waals surface area contributed by atoms with Crippen molar-refractivity contribution in [1.29, 1.82) is 0 Å². The smallest absolute Gasteiger partial charge is 0.258 e. The van der Waals surface area contributed by atoms with Crippen LogP contribution in [0.3, 0.4) is 0 Å². The van der Waals surface area contributed by atoms with Crippen LogP contribution in [0.5, 0.6) is 0 Å². The number of nitrogens with zero attached hydrogens (tertiary/aromatic N) is 1. The number of halogens is 2. The van der Waals surface area contributed by atoms with Crippen molar-refractivity contribution in [2.45, 2.75) is 45.5 Å². The van der Waals surface area contributed by atoms with E-state index < -0.39 is 5.92 Å². The zero-order chi connectivity index (χ0) is 11.2. The molecule has 0 unspecified atom stereocenters. The first-order valence-corrected chi connectivity index (χ1v) is 5.30. The standard InChI is InChI=1S/C12H15F2N/c1-7(2)11-6-10-9(8(3)15-11)4-5-12(10,13)14/h6-7H,4-5H2,1-3H3. The van der Waals surface area contributed by atoms with Gasteiger partial charge in [-0.1, -0.05) is 13.8 Å². The van der Waals surface area contributed by atoms with E-state index in [0.29, 0.717) is 6.42 Å². The van der Waals surface area contributed by atoms with E-state index in [2.05, 4.69) is 4.98 Å². The van der Waals surface area contributed by atoms with Gasteiger partial charge in [0.2, 0.25) is 0 Å². The Morgan fingerprint density at radius 2 is 2.07 bits per heavy atom. The lowest BCUT2D eigenvalue weighted by molar-refractivity contribution is -0.00195. The van der Waals surface area contributed by atoms with E-state index in [1.165, 1.54) is 0 Å². The SMILES string of the molecule is Cc1nc(C(C)C)cc2c1CCC2(F)F. The van der Waals surface area contributed by atoms with Crippen LogP contribution < -0.4 is 0 Å². The van der Waals surface area contributed by atoms with Gasteiger partial charge in [-0.05, 0) is 30.9 Å². The van der Waals surface area contributed by atoms with Gasteiger partial charge in [-0.2, -0.15) is 0 Å². The molecule has 3 heteroatoms. The molecule has 82 valence electrons. The van der Waals surface area contributed by atoms with Crippen molar-refractivity contribution >= 4 is 0 Å². The topological polar surface area (TPSA) is 12.9 Å². The number of alkyl halides is 2. The molecule has 1 aliphatic carbocycles. The zero-order valence-electron chi connectivity index (χ0n) is 9.27. The number of aryl methyl sites for hydroxylation is 1. The van der Waals surface area contributed by atoms with Crippen LogP contribution >= 0.6 is 0 Å². The Kier molecular flexibility index (Phi) is 2.28. The van der Waals surface area contributed by atoms with Gasteiger partial charge in [0.05, 0.1) is 0 Å². The van der Waals surface area contributed by atoms with E-state index in [1.54, 1.807) is 6.07 Å². The molecule has 0 fully saturated rings. The first-order valence-electron chi connectivity index (χ1n) is 5.30. The maximum absolute atomic E-state index is 13.5. The first kappa shape index (κ1) is 10.5. The third-order valence-electron chi connectivity index (χ3n) is 3.03. The Balaban J connectivity index is 2.59. The second-order valence-corrected chi connectivity index (χ2v) is 4.52. The van der Waals surface area contributed by atoms with Crippen molar-refractivity contribution in [2.24, 2.45) is 0 Å². The highest BCUT2D eigenvalue weighted by Crippen LogP contribution is 2.43. The molecule has 0 N–H and O–H groups in total. The Bertz CT molecular complexity index is 397. The molecule has 0 bridgehead atoms. The molecule has 0 saturated carbocycles. The van der Waals surface area contributed by atoms with Gasteiger partial charge in [-0.15, -0.1) is 0 Å². The summed E-state index contributed by atoms with van der Waals surface area (Å²) in [6.45, 7) is 5.77. The number of rotatable bonds is 1. The Labute approximate surface area is 88.5 Å². The van der Waals surface area contributed by atoms with Gasteiger partial charge in [0.25, 0.3) is 5.92 Å². The van der Waals surface area contributed by atoms with Gasteiger partial charge >= 0.3 is 0 Å². The van der Waals surface area contributed by atoms with Crippen LogP contribution in [0.4, 0.5) is 8.78 Å². The summed E-state index contributed by atoms with van der Waals surface area (Å²) in [6, 6.07) is 1.58. The van der Waals surface area contributed by atoms with E-state index in [1.807, 2.05) is 20.8 Å². The molecular formula is C12H15F2N. The fourth-order valence-electron chi connectivity index (χ4n) is 2.08. The summed E-state index contributed by atoms with van der Waals surface area (Å²) in [5, 5.41) is 0. The highest BCUT2D eigenvalue weighted by Gasteiger charge is 2.40. The van der Waals surface area contributed by atoms with Crippen molar-refractivity contribution in [2.75, 3.05) is 0 Å². The van der Waals surface area contributed by atoms with Gasteiger partial charge < -0.3 is 0 Å². The Morgan fingerprint density at radius 1 is 1.40 bits per heavy atom. The quantitative estimate of drug-likeness (QED) is 0.692. The van der Waals surface area contributed by atoms with E-state index >= 15 is 0 Å². The molecule has 0 saturated heterocycles. The van der Waals surface area contributed by atoms with Gasteiger partial charge in [-0.25, -0.2) is 8.78 Å². The van der Waals surface area contributed by atoms with Crippen LogP contribution in [0.25, 0.3) is 0 Å². The molecule has 0 spiro atoms. The van der Waals surface area contributed by atoms with Gasteiger partial charge in [0.1, 0.15) is 0 Å². The normalized spacial score (nSPS) is 18.3. The fraction of sp³-hybridized carbons (Fsp3) is 0.583. The molecule has 1 aromatic heterocycles. The number of hydrogen-bond acceptors (Lipinski definition) is 1. The molecule has 1 aromatic rings. The van der Waals surface area contributed by atoms with Crippen LogP contribution in [-0.4, -0.2) is 4.98 Å². The summed E-state index contributed by atoms with van der Waals surface area (Å²) in [4.78, 5) is 4.38. The number of aromatic nitrogens is 1. The van der Waals surface area contributed by atoms with Crippen molar-refractivity contribution in [3.05, 3.63) is 28.6 Å². The highest BCUT2D eigenvalue weighted by atomic mass is 19.3. The fourth-order valence-corrected chi connectivity index (χ4v) is 2.08. The third-order valence-corrected chi connectivity index (χ3v) is 3.03.